The third kappa shape index (κ3) is 5.94. The van der Waals surface area contributed by atoms with Gasteiger partial charge in [0.2, 0.25) is 0 Å². The predicted octanol–water partition coefficient (Wildman–Crippen LogP) is 6.04. The largest absolute Gasteiger partial charge is 0.478 e. The molecule has 1 fully saturated rings. The summed E-state index contributed by atoms with van der Waals surface area (Å²) in [5.41, 5.74) is -0.601. The van der Waals surface area contributed by atoms with Crippen LogP contribution in [0.2, 0.25) is 0 Å². The Balaban J connectivity index is 1.26. The minimum absolute atomic E-state index is 0.0156. The van der Waals surface area contributed by atoms with Gasteiger partial charge in [0.25, 0.3) is 0 Å². The fourth-order valence-electron chi connectivity index (χ4n) is 4.61. The van der Waals surface area contributed by atoms with E-state index in [2.05, 4.69) is 19.9 Å². The quantitative estimate of drug-likeness (QED) is 0.195. The first-order valence-electron chi connectivity index (χ1n) is 13.0. The zero-order valence-electron chi connectivity index (χ0n) is 22.2. The Kier molecular flexibility index (Phi) is 7.71. The van der Waals surface area contributed by atoms with Crippen LogP contribution in [0, 0.1) is 17.5 Å². The van der Waals surface area contributed by atoms with Gasteiger partial charge in [-0.2, -0.15) is 18.2 Å². The van der Waals surface area contributed by atoms with Crippen molar-refractivity contribution < 1.29 is 45.7 Å². The van der Waals surface area contributed by atoms with Gasteiger partial charge in [-0.05, 0) is 42.3 Å². The molecule has 1 aliphatic rings. The van der Waals surface area contributed by atoms with Gasteiger partial charge in [0.15, 0.2) is 5.82 Å². The summed E-state index contributed by atoms with van der Waals surface area (Å²) >= 11 is 0.392. The Morgan fingerprint density at radius 1 is 1.09 bits per heavy atom. The first-order chi connectivity index (χ1) is 21.0. The van der Waals surface area contributed by atoms with Gasteiger partial charge < -0.3 is 19.1 Å². The number of benzene rings is 2. The zero-order valence-corrected chi connectivity index (χ0v) is 23.1. The Hall–Kier alpha value is -4.57. The number of hydrogen-bond acceptors (Lipinski definition) is 8. The molecular formula is C28H19F6N5O4S. The second-order valence-corrected chi connectivity index (χ2v) is 10.9. The number of imidazole rings is 1. The highest BCUT2D eigenvalue weighted by Gasteiger charge is 2.33. The number of halogens is 6. The lowest BCUT2D eigenvalue weighted by Crippen LogP contribution is -2.31. The predicted molar refractivity (Wildman–Crippen MR) is 143 cm³/mol. The number of aromatic carboxylic acids is 1. The molecule has 1 atom stereocenters. The van der Waals surface area contributed by atoms with Crippen molar-refractivity contribution in [3.63, 3.8) is 0 Å². The molecule has 0 radical (unpaired) electrons. The highest BCUT2D eigenvalue weighted by atomic mass is 32.1. The van der Waals surface area contributed by atoms with E-state index in [0.29, 0.717) is 30.6 Å². The summed E-state index contributed by atoms with van der Waals surface area (Å²) < 4.78 is 96.3. The maximum Gasteiger partial charge on any atom is 0.427 e. The van der Waals surface area contributed by atoms with Crippen molar-refractivity contribution in [1.29, 1.82) is 0 Å². The number of thiazole rings is 1. The number of ether oxygens (including phenoxy) is 2. The zero-order chi connectivity index (χ0) is 31.2. The van der Waals surface area contributed by atoms with Crippen LogP contribution in [0.15, 0.2) is 42.7 Å². The number of alkyl halides is 3. The maximum absolute atomic E-state index is 15.4. The lowest BCUT2D eigenvalue weighted by atomic mass is 10.0. The molecule has 0 bridgehead atoms. The Morgan fingerprint density at radius 2 is 1.89 bits per heavy atom. The molecule has 3 aromatic heterocycles. The van der Waals surface area contributed by atoms with Gasteiger partial charge in [-0.1, -0.05) is 0 Å². The second kappa shape index (κ2) is 11.5. The maximum atomic E-state index is 15.4. The van der Waals surface area contributed by atoms with E-state index in [0.717, 1.165) is 18.2 Å². The topological polar surface area (TPSA) is 112 Å². The summed E-state index contributed by atoms with van der Waals surface area (Å²) in [5, 5.41) is 9.40. The number of fused-ring (bicyclic) bond motifs is 1. The van der Waals surface area contributed by atoms with E-state index in [1.54, 1.807) is 4.57 Å². The van der Waals surface area contributed by atoms with Crippen molar-refractivity contribution in [3.8, 4) is 17.3 Å². The molecular weight excluding hydrogens is 616 g/mol. The van der Waals surface area contributed by atoms with E-state index in [1.807, 2.05) is 0 Å². The SMILES string of the molecule is O=C(O)c1cc(F)c2nc(Cc3cc(F)c(-c4ccnc(OCc5ncc(C(F)(F)F)s5)n4)cc3F)n(C[C@@H]3CCO3)c2c1. The third-order valence-corrected chi connectivity index (χ3v) is 7.88. The van der Waals surface area contributed by atoms with Crippen molar-refractivity contribution in [2.24, 2.45) is 0 Å². The molecule has 5 aromatic rings. The normalized spacial score (nSPS) is 15.0. The van der Waals surface area contributed by atoms with Crippen LogP contribution < -0.4 is 4.74 Å². The number of carboxylic acid groups (broad SMARTS) is 1. The van der Waals surface area contributed by atoms with Crippen LogP contribution in [0.25, 0.3) is 22.3 Å². The number of nitrogens with zero attached hydrogens (tertiary/aromatic N) is 5. The van der Waals surface area contributed by atoms with Crippen molar-refractivity contribution in [2.75, 3.05) is 6.61 Å². The van der Waals surface area contributed by atoms with Gasteiger partial charge >= 0.3 is 18.2 Å². The van der Waals surface area contributed by atoms with E-state index in [1.165, 1.54) is 18.3 Å². The molecule has 0 saturated carbocycles. The van der Waals surface area contributed by atoms with Crippen molar-refractivity contribution in [1.82, 2.24) is 24.5 Å². The molecule has 228 valence electrons. The van der Waals surface area contributed by atoms with E-state index in [9.17, 15) is 27.5 Å². The van der Waals surface area contributed by atoms with Gasteiger partial charge in [-0.3, -0.25) is 0 Å². The van der Waals surface area contributed by atoms with Crippen molar-refractivity contribution in [2.45, 2.75) is 38.3 Å². The van der Waals surface area contributed by atoms with Crippen LogP contribution in [0.4, 0.5) is 26.3 Å². The monoisotopic (exact) mass is 635 g/mol. The lowest BCUT2D eigenvalue weighted by molar-refractivity contribution is -0.134. The molecule has 0 spiro atoms. The van der Waals surface area contributed by atoms with Crippen LogP contribution in [0.5, 0.6) is 6.01 Å². The fraction of sp³-hybridized carbons (Fsp3) is 0.250. The van der Waals surface area contributed by atoms with E-state index < -0.39 is 34.5 Å². The summed E-state index contributed by atoms with van der Waals surface area (Å²) in [6, 6.07) is 4.99. The summed E-state index contributed by atoms with van der Waals surface area (Å²) in [5.74, 6) is -3.70. The molecule has 0 unspecified atom stereocenters. The molecule has 6 rings (SSSR count). The number of carboxylic acids is 1. The fourth-order valence-corrected chi connectivity index (χ4v) is 5.31. The molecule has 16 heteroatoms. The minimum atomic E-state index is -4.54. The highest BCUT2D eigenvalue weighted by molar-refractivity contribution is 7.11. The average Bonchev–Trinajstić information content (AvgIpc) is 3.57. The number of aromatic nitrogens is 5. The average molecular weight is 636 g/mol. The lowest BCUT2D eigenvalue weighted by Gasteiger charge is -2.27. The van der Waals surface area contributed by atoms with Gasteiger partial charge in [0.05, 0.1) is 35.6 Å². The van der Waals surface area contributed by atoms with Crippen LogP contribution in [-0.2, 0) is 30.5 Å². The number of rotatable bonds is 9. The molecule has 1 saturated heterocycles. The smallest absolute Gasteiger partial charge is 0.427 e. The van der Waals surface area contributed by atoms with Crippen LogP contribution >= 0.6 is 11.3 Å². The van der Waals surface area contributed by atoms with Gasteiger partial charge in [0, 0.05) is 24.8 Å². The summed E-state index contributed by atoms with van der Waals surface area (Å²) in [6.07, 6.45) is -2.42. The Morgan fingerprint density at radius 3 is 2.57 bits per heavy atom. The van der Waals surface area contributed by atoms with Crippen LogP contribution in [0.1, 0.15) is 38.1 Å². The number of carbonyl (C=O) groups is 1. The standard InChI is InChI=1S/C28H19F6N5O4S/c29-17-9-16(20-1-3-35-27(37-20)43-12-24-36-10-22(44-24)28(32,33)34)18(30)5-13(17)8-23-38-25-19(31)6-14(26(40)41)7-21(25)39(23)11-15-2-4-42-15/h1,3,5-7,9-10,15H,2,4,8,11-12H2,(H,40,41)/t15-/m0/s1. The van der Waals surface area contributed by atoms with Crippen molar-refractivity contribution in [3.05, 3.63) is 87.0 Å². The first-order valence-corrected chi connectivity index (χ1v) is 13.8. The molecule has 1 N–H and O–H groups in total. The molecule has 2 aromatic carbocycles. The molecule has 0 amide bonds. The van der Waals surface area contributed by atoms with Crippen molar-refractivity contribution >= 4 is 28.3 Å². The Bertz CT molecular complexity index is 1890. The first kappa shape index (κ1) is 29.5. The summed E-state index contributed by atoms with van der Waals surface area (Å²) in [6.45, 7) is 0.364. The van der Waals surface area contributed by atoms with Crippen LogP contribution in [0.3, 0.4) is 0 Å². The van der Waals surface area contributed by atoms with E-state index >= 15 is 8.78 Å². The summed E-state index contributed by atoms with van der Waals surface area (Å²) in [4.78, 5) is 26.5. The van der Waals surface area contributed by atoms with Gasteiger partial charge in [-0.25, -0.2) is 32.9 Å². The van der Waals surface area contributed by atoms with Gasteiger partial charge in [0.1, 0.15) is 39.5 Å². The second-order valence-electron chi connectivity index (χ2n) is 9.78. The van der Waals surface area contributed by atoms with E-state index in [-0.39, 0.29) is 75.9 Å². The molecule has 44 heavy (non-hydrogen) atoms. The molecule has 0 aliphatic carbocycles. The van der Waals surface area contributed by atoms with Crippen LogP contribution in [-0.4, -0.2) is 48.3 Å². The number of hydrogen-bond donors (Lipinski definition) is 1. The summed E-state index contributed by atoms with van der Waals surface area (Å²) in [7, 11) is 0. The van der Waals surface area contributed by atoms with Gasteiger partial charge in [-0.15, -0.1) is 11.3 Å². The third-order valence-electron chi connectivity index (χ3n) is 6.86. The minimum Gasteiger partial charge on any atom is -0.478 e. The molecule has 4 heterocycles. The Labute approximate surface area is 247 Å². The van der Waals surface area contributed by atoms with E-state index in [4.69, 9.17) is 9.47 Å². The highest BCUT2D eigenvalue weighted by Crippen LogP contribution is 2.34. The molecule has 9 nitrogen and oxygen atoms in total. The molecule has 1 aliphatic heterocycles.